The van der Waals surface area contributed by atoms with Crippen LogP contribution in [0.3, 0.4) is 0 Å². The molecule has 0 fully saturated rings. The minimum Gasteiger partial charge on any atom is -0.356 e. The van der Waals surface area contributed by atoms with Gasteiger partial charge in [-0.05, 0) is 30.9 Å². The lowest BCUT2D eigenvalue weighted by molar-refractivity contribution is 0.695. The molecule has 0 aliphatic carbocycles. The summed E-state index contributed by atoms with van der Waals surface area (Å²) in [7, 11) is 3.88. The maximum atomic E-state index is 4.68. The van der Waals surface area contributed by atoms with Crippen molar-refractivity contribution in [3.8, 4) is 0 Å². The second kappa shape index (κ2) is 10.4. The third kappa shape index (κ3) is 6.03. The van der Waals surface area contributed by atoms with E-state index < -0.39 is 0 Å². The van der Waals surface area contributed by atoms with E-state index in [1.165, 1.54) is 4.88 Å². The Morgan fingerprint density at radius 2 is 2.07 bits per heavy atom. The van der Waals surface area contributed by atoms with Crippen molar-refractivity contribution in [2.75, 3.05) is 6.54 Å². The minimum atomic E-state index is 0. The topological polar surface area (TPSA) is 85.0 Å². The second-order valence-electron chi connectivity index (χ2n) is 5.94. The number of halogens is 1. The first-order valence-corrected chi connectivity index (χ1v) is 9.38. The molecule has 0 saturated heterocycles. The molecule has 0 amide bonds. The lowest BCUT2D eigenvalue weighted by Crippen LogP contribution is -2.38. The highest BCUT2D eigenvalue weighted by Gasteiger charge is 2.07. The standard InChI is InChI=1S/C17H24N8S.HI/c1-13-22-23-16(24(13)2)12-20-17(18-8-7-15-5-4-10-26-15)19-11-14-6-9-21-25(14)3;/h4-6,9-10H,7-8,11-12H2,1-3H3,(H2,18,19,20);1H. The molecule has 10 heteroatoms. The van der Waals surface area contributed by atoms with Gasteiger partial charge < -0.3 is 15.2 Å². The molecular weight excluding hydrogens is 475 g/mol. The first-order valence-electron chi connectivity index (χ1n) is 8.50. The van der Waals surface area contributed by atoms with Crippen molar-refractivity contribution in [1.82, 2.24) is 35.2 Å². The van der Waals surface area contributed by atoms with Gasteiger partial charge in [0.15, 0.2) is 11.8 Å². The monoisotopic (exact) mass is 500 g/mol. The fourth-order valence-corrected chi connectivity index (χ4v) is 3.13. The van der Waals surface area contributed by atoms with E-state index in [2.05, 4.69) is 48.4 Å². The predicted octanol–water partition coefficient (Wildman–Crippen LogP) is 2.01. The number of rotatable bonds is 7. The first kappa shape index (κ1) is 21.4. The van der Waals surface area contributed by atoms with E-state index in [0.29, 0.717) is 13.1 Å². The van der Waals surface area contributed by atoms with Crippen LogP contribution in [-0.2, 0) is 33.6 Å². The Morgan fingerprint density at radius 3 is 2.70 bits per heavy atom. The van der Waals surface area contributed by atoms with E-state index in [9.17, 15) is 0 Å². The zero-order valence-corrected chi connectivity index (χ0v) is 18.9. The molecular formula is C17H25IN8S. The molecule has 3 aromatic rings. The highest BCUT2D eigenvalue weighted by molar-refractivity contribution is 14.0. The molecule has 0 unspecified atom stereocenters. The van der Waals surface area contributed by atoms with Crippen LogP contribution in [0.1, 0.15) is 22.2 Å². The SMILES string of the molecule is Cc1nnc(CNC(=NCc2ccnn2C)NCCc2cccs2)n1C.I. The van der Waals surface area contributed by atoms with Crippen molar-refractivity contribution in [3.05, 3.63) is 52.0 Å². The molecule has 0 saturated carbocycles. The summed E-state index contributed by atoms with van der Waals surface area (Å²) in [5.41, 5.74) is 1.05. The van der Waals surface area contributed by atoms with Crippen LogP contribution >= 0.6 is 35.3 Å². The molecule has 2 N–H and O–H groups in total. The van der Waals surface area contributed by atoms with Crippen molar-refractivity contribution in [2.45, 2.75) is 26.4 Å². The van der Waals surface area contributed by atoms with Gasteiger partial charge >= 0.3 is 0 Å². The Labute approximate surface area is 180 Å². The average molecular weight is 500 g/mol. The van der Waals surface area contributed by atoms with Gasteiger partial charge in [0.05, 0.1) is 18.8 Å². The Bertz CT molecular complexity index is 852. The Balaban J connectivity index is 0.00000261. The van der Waals surface area contributed by atoms with Crippen molar-refractivity contribution in [2.24, 2.45) is 19.1 Å². The maximum absolute atomic E-state index is 4.68. The molecule has 0 aliphatic heterocycles. The Hall–Kier alpha value is -1.95. The molecule has 3 heterocycles. The van der Waals surface area contributed by atoms with Crippen molar-refractivity contribution in [3.63, 3.8) is 0 Å². The number of guanidine groups is 1. The van der Waals surface area contributed by atoms with Crippen LogP contribution in [0.15, 0.2) is 34.8 Å². The molecule has 0 radical (unpaired) electrons. The molecule has 0 spiro atoms. The van der Waals surface area contributed by atoms with Crippen molar-refractivity contribution < 1.29 is 0 Å². The third-order valence-electron chi connectivity index (χ3n) is 4.16. The van der Waals surface area contributed by atoms with E-state index in [1.54, 1.807) is 17.5 Å². The van der Waals surface area contributed by atoms with Crippen LogP contribution in [0.5, 0.6) is 0 Å². The lowest BCUT2D eigenvalue weighted by Gasteiger charge is -2.12. The summed E-state index contributed by atoms with van der Waals surface area (Å²) in [6.07, 6.45) is 2.75. The van der Waals surface area contributed by atoms with Gasteiger partial charge in [-0.25, -0.2) is 4.99 Å². The normalized spacial score (nSPS) is 11.3. The minimum absolute atomic E-state index is 0. The molecule has 0 aliphatic rings. The van der Waals surface area contributed by atoms with Crippen molar-refractivity contribution >= 4 is 41.3 Å². The molecule has 0 bridgehead atoms. The smallest absolute Gasteiger partial charge is 0.192 e. The zero-order valence-electron chi connectivity index (χ0n) is 15.7. The van der Waals surface area contributed by atoms with Gasteiger partial charge in [-0.15, -0.1) is 45.5 Å². The van der Waals surface area contributed by atoms with Crippen molar-refractivity contribution in [1.29, 1.82) is 0 Å². The number of hydrogen-bond donors (Lipinski definition) is 2. The molecule has 146 valence electrons. The van der Waals surface area contributed by atoms with E-state index in [0.717, 1.165) is 36.3 Å². The van der Waals surface area contributed by atoms with Crippen LogP contribution in [0, 0.1) is 6.92 Å². The number of nitrogens with zero attached hydrogens (tertiary/aromatic N) is 6. The van der Waals surface area contributed by atoms with Crippen LogP contribution in [0.4, 0.5) is 0 Å². The molecule has 8 nitrogen and oxygen atoms in total. The number of nitrogens with one attached hydrogen (secondary N) is 2. The largest absolute Gasteiger partial charge is 0.356 e. The van der Waals surface area contributed by atoms with Gasteiger partial charge in [0.1, 0.15) is 5.82 Å². The summed E-state index contributed by atoms with van der Waals surface area (Å²) in [6, 6.07) is 6.19. The second-order valence-corrected chi connectivity index (χ2v) is 6.98. The van der Waals surface area contributed by atoms with Gasteiger partial charge in [-0.1, -0.05) is 6.07 Å². The summed E-state index contributed by atoms with van der Waals surface area (Å²) in [4.78, 5) is 6.03. The highest BCUT2D eigenvalue weighted by atomic mass is 127. The average Bonchev–Trinajstić information content (AvgIpc) is 3.35. The Morgan fingerprint density at radius 1 is 1.22 bits per heavy atom. The van der Waals surface area contributed by atoms with Crippen LogP contribution in [0.2, 0.25) is 0 Å². The summed E-state index contributed by atoms with van der Waals surface area (Å²) in [5.74, 6) is 2.51. The molecule has 3 aromatic heterocycles. The van der Waals surface area contributed by atoms with Gasteiger partial charge in [-0.3, -0.25) is 4.68 Å². The van der Waals surface area contributed by atoms with E-state index in [1.807, 2.05) is 36.3 Å². The van der Waals surface area contributed by atoms with Gasteiger partial charge in [0, 0.05) is 31.7 Å². The predicted molar refractivity (Wildman–Crippen MR) is 118 cm³/mol. The van der Waals surface area contributed by atoms with Crippen LogP contribution < -0.4 is 10.6 Å². The first-order chi connectivity index (χ1) is 12.6. The summed E-state index contributed by atoms with van der Waals surface area (Å²) in [5, 5.41) is 21.3. The maximum Gasteiger partial charge on any atom is 0.192 e. The lowest BCUT2D eigenvalue weighted by atomic mass is 10.3. The van der Waals surface area contributed by atoms with Gasteiger partial charge in [0.2, 0.25) is 0 Å². The quantitative estimate of drug-likeness (QED) is 0.295. The third-order valence-corrected chi connectivity index (χ3v) is 5.10. The van der Waals surface area contributed by atoms with Gasteiger partial charge in [0.25, 0.3) is 0 Å². The number of aliphatic imine (C=N–C) groups is 1. The Kier molecular flexibility index (Phi) is 8.23. The number of thiophene rings is 1. The van der Waals surface area contributed by atoms with Crippen LogP contribution in [-0.4, -0.2) is 37.0 Å². The fourth-order valence-electron chi connectivity index (χ4n) is 2.42. The fraction of sp³-hybridized carbons (Fsp3) is 0.412. The number of aryl methyl sites for hydroxylation is 2. The highest BCUT2D eigenvalue weighted by Crippen LogP contribution is 2.08. The summed E-state index contributed by atoms with van der Waals surface area (Å²) < 4.78 is 3.80. The van der Waals surface area contributed by atoms with E-state index >= 15 is 0 Å². The zero-order chi connectivity index (χ0) is 18.4. The molecule has 0 aromatic carbocycles. The molecule has 27 heavy (non-hydrogen) atoms. The molecule has 3 rings (SSSR count). The van der Waals surface area contributed by atoms with E-state index in [4.69, 9.17) is 0 Å². The molecule has 0 atom stereocenters. The van der Waals surface area contributed by atoms with Crippen LogP contribution in [0.25, 0.3) is 0 Å². The summed E-state index contributed by atoms with van der Waals surface area (Å²) in [6.45, 7) is 3.87. The van der Waals surface area contributed by atoms with Gasteiger partial charge in [-0.2, -0.15) is 5.10 Å². The summed E-state index contributed by atoms with van der Waals surface area (Å²) >= 11 is 1.77. The number of hydrogen-bond acceptors (Lipinski definition) is 5. The number of aromatic nitrogens is 5. The van der Waals surface area contributed by atoms with E-state index in [-0.39, 0.29) is 24.0 Å².